The minimum atomic E-state index is -4.18. The molecule has 0 amide bonds. The zero-order valence-corrected chi connectivity index (χ0v) is 12.1. The van der Waals surface area contributed by atoms with Crippen molar-refractivity contribution < 1.29 is 28.2 Å². The Hall–Kier alpha value is -1.91. The lowest BCUT2D eigenvalue weighted by atomic mass is 9.91. The predicted octanol–water partition coefficient (Wildman–Crippen LogP) is 2.04. The maximum atomic E-state index is 13.9. The molecule has 0 N–H and O–H groups in total. The van der Waals surface area contributed by atoms with Crippen LogP contribution in [0, 0.1) is 20.2 Å². The van der Waals surface area contributed by atoms with Crippen LogP contribution >= 0.6 is 15.9 Å². The number of halogens is 3. The Morgan fingerprint density at radius 3 is 2.38 bits per heavy atom. The minimum absolute atomic E-state index is 0.323. The van der Waals surface area contributed by atoms with Gasteiger partial charge in [-0.25, -0.2) is 4.79 Å². The van der Waals surface area contributed by atoms with Crippen LogP contribution in [-0.4, -0.2) is 34.0 Å². The van der Waals surface area contributed by atoms with Crippen molar-refractivity contribution in [2.75, 3.05) is 6.61 Å². The molecular weight excluding hydrogens is 362 g/mol. The summed E-state index contributed by atoms with van der Waals surface area (Å²) in [5, 5.41) is 22.0. The highest BCUT2D eigenvalue weighted by atomic mass is 79.9. The fraction of sp³-hybridized carbons (Fsp3) is 0.500. The van der Waals surface area contributed by atoms with Gasteiger partial charge in [0.05, 0.1) is 6.61 Å². The first-order valence-electron chi connectivity index (χ1n) is 5.52. The summed E-state index contributed by atoms with van der Waals surface area (Å²) in [5.74, 6) is -6.10. The molecule has 0 atom stereocenters. The monoisotopic (exact) mass is 370 g/mol. The van der Waals surface area contributed by atoms with Gasteiger partial charge in [-0.05, 0) is 28.9 Å². The van der Waals surface area contributed by atoms with Crippen molar-refractivity contribution in [1.82, 2.24) is 0 Å². The molecule has 1 aliphatic rings. The normalized spacial score (nSPS) is 17.5. The average Bonchev–Trinajstić information content (AvgIpc) is 2.38. The summed E-state index contributed by atoms with van der Waals surface area (Å²) in [6.07, 6.45) is 0.236. The molecule has 0 unspecified atom stereocenters. The standard InChI is InChI=1S/C10H9BrF2N2O6/c1-2-21-8(16)10(12,13)6-3-4-7(11)9(5-6,14(17)18)15(19)20/h3-4H,2,5H2,1H3. The Balaban J connectivity index is 3.29. The van der Waals surface area contributed by atoms with Crippen molar-refractivity contribution in [3.05, 3.63) is 42.4 Å². The number of ether oxygens (including phenoxy) is 1. The molecule has 0 aromatic heterocycles. The zero-order valence-electron chi connectivity index (χ0n) is 10.5. The number of alkyl halides is 2. The van der Waals surface area contributed by atoms with Crippen molar-refractivity contribution in [3.8, 4) is 0 Å². The van der Waals surface area contributed by atoms with Gasteiger partial charge < -0.3 is 4.74 Å². The Kier molecular flexibility index (Phi) is 4.76. The van der Waals surface area contributed by atoms with Crippen molar-refractivity contribution in [1.29, 1.82) is 0 Å². The fourth-order valence-corrected chi connectivity index (χ4v) is 2.22. The number of esters is 1. The van der Waals surface area contributed by atoms with Gasteiger partial charge in [0.25, 0.3) is 0 Å². The first-order valence-corrected chi connectivity index (χ1v) is 6.31. The number of carbonyl (C=O) groups excluding carboxylic acids is 1. The van der Waals surface area contributed by atoms with Crippen LogP contribution < -0.4 is 0 Å². The van der Waals surface area contributed by atoms with Crippen molar-refractivity contribution in [3.63, 3.8) is 0 Å². The van der Waals surface area contributed by atoms with Gasteiger partial charge in [0, 0.05) is 5.57 Å². The summed E-state index contributed by atoms with van der Waals surface area (Å²) in [6.45, 7) is 0.981. The van der Waals surface area contributed by atoms with Crippen LogP contribution in [0.3, 0.4) is 0 Å². The molecule has 0 fully saturated rings. The third-order valence-electron chi connectivity index (χ3n) is 2.79. The van der Waals surface area contributed by atoms with Crippen LogP contribution in [0.2, 0.25) is 0 Å². The lowest BCUT2D eigenvalue weighted by Crippen LogP contribution is -2.50. The van der Waals surface area contributed by atoms with E-state index in [-0.39, 0.29) is 6.61 Å². The largest absolute Gasteiger partial charge is 0.494 e. The van der Waals surface area contributed by atoms with Crippen LogP contribution in [0.15, 0.2) is 22.2 Å². The van der Waals surface area contributed by atoms with E-state index in [0.717, 1.165) is 12.2 Å². The molecule has 8 nitrogen and oxygen atoms in total. The van der Waals surface area contributed by atoms with Gasteiger partial charge in [-0.15, -0.1) is 0 Å². The van der Waals surface area contributed by atoms with E-state index in [1.807, 2.05) is 0 Å². The van der Waals surface area contributed by atoms with Gasteiger partial charge in [-0.2, -0.15) is 8.78 Å². The maximum absolute atomic E-state index is 13.9. The minimum Gasteiger partial charge on any atom is -0.461 e. The molecule has 0 heterocycles. The van der Waals surface area contributed by atoms with E-state index in [1.54, 1.807) is 0 Å². The van der Waals surface area contributed by atoms with Gasteiger partial charge in [0.1, 0.15) is 20.7 Å². The number of nitro groups is 2. The second-order valence-electron chi connectivity index (χ2n) is 4.01. The molecule has 1 aliphatic carbocycles. The van der Waals surface area contributed by atoms with E-state index in [4.69, 9.17) is 0 Å². The second kappa shape index (κ2) is 5.84. The van der Waals surface area contributed by atoms with Gasteiger partial charge in [-0.3, -0.25) is 20.2 Å². The molecule has 0 aliphatic heterocycles. The third-order valence-corrected chi connectivity index (χ3v) is 3.69. The van der Waals surface area contributed by atoms with Gasteiger partial charge in [-0.1, -0.05) is 6.08 Å². The Bertz CT molecular complexity index is 546. The summed E-state index contributed by atoms with van der Waals surface area (Å²) >= 11 is 2.65. The lowest BCUT2D eigenvalue weighted by molar-refractivity contribution is -0.781. The number of hydrogen-bond donors (Lipinski definition) is 0. The van der Waals surface area contributed by atoms with Crippen molar-refractivity contribution in [2.45, 2.75) is 24.9 Å². The van der Waals surface area contributed by atoms with Crippen LogP contribution in [0.1, 0.15) is 13.3 Å². The first-order chi connectivity index (χ1) is 9.60. The van der Waals surface area contributed by atoms with Gasteiger partial charge in [0.15, 0.2) is 0 Å². The number of carbonyl (C=O) groups is 1. The third kappa shape index (κ3) is 2.77. The quantitative estimate of drug-likeness (QED) is 0.316. The molecule has 21 heavy (non-hydrogen) atoms. The second-order valence-corrected chi connectivity index (χ2v) is 4.86. The van der Waals surface area contributed by atoms with Crippen molar-refractivity contribution in [2.24, 2.45) is 0 Å². The summed E-state index contributed by atoms with van der Waals surface area (Å²) < 4.78 is 31.4. The molecule has 0 aromatic carbocycles. The number of nitrogens with zero attached hydrogens (tertiary/aromatic N) is 2. The molecule has 0 aromatic rings. The maximum Gasteiger partial charge on any atom is 0.494 e. The highest BCUT2D eigenvalue weighted by molar-refractivity contribution is 9.11. The molecule has 1 rings (SSSR count). The Morgan fingerprint density at radius 1 is 1.43 bits per heavy atom. The first kappa shape index (κ1) is 17.1. The SMILES string of the molecule is CCOC(=O)C(F)(F)C1=CC=C(Br)C([N+](=O)[O-])([N+](=O)[O-])C1. The summed E-state index contributed by atoms with van der Waals surface area (Å²) in [7, 11) is 0. The van der Waals surface area contributed by atoms with E-state index in [2.05, 4.69) is 20.7 Å². The Labute approximate surface area is 124 Å². The van der Waals surface area contributed by atoms with E-state index in [0.29, 0.717) is 0 Å². The van der Waals surface area contributed by atoms with Crippen LogP contribution in [-0.2, 0) is 9.53 Å². The predicted molar refractivity (Wildman–Crippen MR) is 68.0 cm³/mol. The average molecular weight is 371 g/mol. The highest BCUT2D eigenvalue weighted by Crippen LogP contribution is 2.42. The lowest BCUT2D eigenvalue weighted by Gasteiger charge is -2.24. The smallest absolute Gasteiger partial charge is 0.461 e. The highest BCUT2D eigenvalue weighted by Gasteiger charge is 2.64. The van der Waals surface area contributed by atoms with E-state index in [9.17, 15) is 33.8 Å². The van der Waals surface area contributed by atoms with Crippen LogP contribution in [0.5, 0.6) is 0 Å². The van der Waals surface area contributed by atoms with Gasteiger partial charge >= 0.3 is 17.6 Å². The van der Waals surface area contributed by atoms with Crippen molar-refractivity contribution >= 4 is 21.9 Å². The molecule has 11 heteroatoms. The molecule has 0 bridgehead atoms. The molecule has 0 radical (unpaired) electrons. The summed E-state index contributed by atoms with van der Waals surface area (Å²) in [5.41, 5.74) is -4.04. The Morgan fingerprint density at radius 2 is 1.95 bits per heavy atom. The number of hydrogen-bond acceptors (Lipinski definition) is 6. The van der Waals surface area contributed by atoms with E-state index in [1.165, 1.54) is 6.92 Å². The summed E-state index contributed by atoms with van der Waals surface area (Å²) in [4.78, 5) is 30.6. The molecule has 0 spiro atoms. The number of allylic oxidation sites excluding steroid dienone is 2. The molecule has 0 saturated heterocycles. The van der Waals surface area contributed by atoms with Crippen LogP contribution in [0.25, 0.3) is 0 Å². The summed E-state index contributed by atoms with van der Waals surface area (Å²) in [6, 6.07) is 0. The molecule has 116 valence electrons. The van der Waals surface area contributed by atoms with Gasteiger partial charge in [0.2, 0.25) is 0 Å². The fourth-order valence-electron chi connectivity index (χ4n) is 1.65. The van der Waals surface area contributed by atoms with E-state index >= 15 is 0 Å². The molecule has 0 saturated carbocycles. The number of rotatable bonds is 5. The molecular formula is C10H9BrF2N2O6. The zero-order chi connectivity index (χ0) is 16.4. The van der Waals surface area contributed by atoms with E-state index < -0.39 is 43.9 Å². The van der Waals surface area contributed by atoms with Crippen LogP contribution in [0.4, 0.5) is 8.78 Å². The topological polar surface area (TPSA) is 113 Å².